The summed E-state index contributed by atoms with van der Waals surface area (Å²) in [5.41, 5.74) is 2.35. The van der Waals surface area contributed by atoms with E-state index < -0.39 is 0 Å². The maximum atomic E-state index is 12.4. The smallest absolute Gasteiger partial charge is 0.234 e. The van der Waals surface area contributed by atoms with Crippen LogP contribution in [-0.4, -0.2) is 46.5 Å². The highest BCUT2D eigenvalue weighted by Crippen LogP contribution is 2.19. The van der Waals surface area contributed by atoms with Crippen LogP contribution in [0.4, 0.5) is 0 Å². The molecular weight excluding hydrogens is 302 g/mol. The van der Waals surface area contributed by atoms with Crippen LogP contribution in [0.5, 0.6) is 0 Å². The molecule has 0 saturated carbocycles. The first kappa shape index (κ1) is 16.7. The van der Waals surface area contributed by atoms with E-state index in [1.165, 1.54) is 5.56 Å². The lowest BCUT2D eigenvalue weighted by atomic mass is 10.1. The second-order valence-corrected chi connectivity index (χ2v) is 6.35. The zero-order chi connectivity index (χ0) is 16.9. The Labute approximate surface area is 142 Å². The van der Waals surface area contributed by atoms with Gasteiger partial charge < -0.3 is 15.2 Å². The average Bonchev–Trinajstić information content (AvgIpc) is 3.01. The van der Waals surface area contributed by atoms with Crippen molar-refractivity contribution in [3.63, 3.8) is 0 Å². The van der Waals surface area contributed by atoms with E-state index in [1.54, 1.807) is 6.20 Å². The van der Waals surface area contributed by atoms with Crippen LogP contribution in [0.15, 0.2) is 36.7 Å². The molecule has 3 rings (SSSR count). The number of amides is 1. The van der Waals surface area contributed by atoms with Gasteiger partial charge in [0.2, 0.25) is 5.91 Å². The van der Waals surface area contributed by atoms with Gasteiger partial charge in [0.1, 0.15) is 5.82 Å². The summed E-state index contributed by atoms with van der Waals surface area (Å²) in [7, 11) is 1.99. The molecule has 1 aromatic heterocycles. The highest BCUT2D eigenvalue weighted by molar-refractivity contribution is 5.78. The Kier molecular flexibility index (Phi) is 5.27. The van der Waals surface area contributed by atoms with Crippen LogP contribution in [0.2, 0.25) is 0 Å². The Morgan fingerprint density at radius 1 is 1.38 bits per heavy atom. The predicted molar refractivity (Wildman–Crippen MR) is 93.4 cm³/mol. The molecule has 1 atom stereocenters. The van der Waals surface area contributed by atoms with Gasteiger partial charge in [0, 0.05) is 45.6 Å². The SMILES string of the molecule is Cc1ccc(CNC(=O)CN2CCNCC2c2nccn2C)cc1. The van der Waals surface area contributed by atoms with Crippen molar-refractivity contribution in [2.75, 3.05) is 26.2 Å². The van der Waals surface area contributed by atoms with Crippen LogP contribution >= 0.6 is 0 Å². The maximum absolute atomic E-state index is 12.4. The number of hydrogen-bond donors (Lipinski definition) is 2. The molecule has 1 aromatic carbocycles. The van der Waals surface area contributed by atoms with Crippen molar-refractivity contribution in [1.29, 1.82) is 0 Å². The van der Waals surface area contributed by atoms with Gasteiger partial charge >= 0.3 is 0 Å². The van der Waals surface area contributed by atoms with Gasteiger partial charge in [-0.25, -0.2) is 4.98 Å². The van der Waals surface area contributed by atoms with E-state index in [0.717, 1.165) is 31.0 Å². The number of benzene rings is 1. The average molecular weight is 327 g/mol. The van der Waals surface area contributed by atoms with E-state index >= 15 is 0 Å². The van der Waals surface area contributed by atoms with Gasteiger partial charge in [0.05, 0.1) is 12.6 Å². The fourth-order valence-electron chi connectivity index (χ4n) is 3.04. The molecule has 0 radical (unpaired) electrons. The molecular formula is C18H25N5O. The standard InChI is InChI=1S/C18H25N5O/c1-14-3-5-15(6-4-14)11-21-17(24)13-23-10-7-19-12-16(23)18-20-8-9-22(18)2/h3-6,8-9,16,19H,7,10-13H2,1-2H3,(H,21,24). The second kappa shape index (κ2) is 7.59. The number of hydrogen-bond acceptors (Lipinski definition) is 4. The Balaban J connectivity index is 1.57. The van der Waals surface area contributed by atoms with Gasteiger partial charge in [0.25, 0.3) is 0 Å². The molecule has 0 spiro atoms. The molecule has 1 saturated heterocycles. The highest BCUT2D eigenvalue weighted by Gasteiger charge is 2.28. The van der Waals surface area contributed by atoms with Crippen molar-refractivity contribution in [3.05, 3.63) is 53.6 Å². The Morgan fingerprint density at radius 3 is 2.88 bits per heavy atom. The normalized spacial score (nSPS) is 18.5. The third kappa shape index (κ3) is 4.01. The third-order valence-corrected chi connectivity index (χ3v) is 4.47. The van der Waals surface area contributed by atoms with Crippen molar-refractivity contribution < 1.29 is 4.79 Å². The van der Waals surface area contributed by atoms with Crippen LogP contribution in [0, 0.1) is 6.92 Å². The molecule has 1 amide bonds. The molecule has 6 heteroatoms. The zero-order valence-electron chi connectivity index (χ0n) is 14.3. The summed E-state index contributed by atoms with van der Waals surface area (Å²) in [5, 5.41) is 6.41. The number of rotatable bonds is 5. The number of aryl methyl sites for hydroxylation is 2. The van der Waals surface area contributed by atoms with Crippen LogP contribution in [-0.2, 0) is 18.4 Å². The largest absolute Gasteiger partial charge is 0.351 e. The lowest BCUT2D eigenvalue weighted by Crippen LogP contribution is -2.50. The zero-order valence-corrected chi connectivity index (χ0v) is 14.3. The van der Waals surface area contributed by atoms with E-state index in [1.807, 2.05) is 17.8 Å². The van der Waals surface area contributed by atoms with Crippen molar-refractivity contribution in [1.82, 2.24) is 25.1 Å². The molecule has 0 bridgehead atoms. The van der Waals surface area contributed by atoms with Crippen LogP contribution in [0.1, 0.15) is 23.0 Å². The first-order valence-electron chi connectivity index (χ1n) is 8.37. The number of carbonyl (C=O) groups is 1. The van der Waals surface area contributed by atoms with Gasteiger partial charge in [-0.3, -0.25) is 9.69 Å². The summed E-state index contributed by atoms with van der Waals surface area (Å²) < 4.78 is 2.02. The summed E-state index contributed by atoms with van der Waals surface area (Å²) in [6, 6.07) is 8.36. The molecule has 0 aliphatic carbocycles. The monoisotopic (exact) mass is 327 g/mol. The topological polar surface area (TPSA) is 62.2 Å². The number of piperazine rings is 1. The molecule has 6 nitrogen and oxygen atoms in total. The number of imidazole rings is 1. The molecule has 2 heterocycles. The number of carbonyl (C=O) groups excluding carboxylic acids is 1. The van der Waals surface area contributed by atoms with Crippen LogP contribution in [0.25, 0.3) is 0 Å². The Morgan fingerprint density at radius 2 is 2.17 bits per heavy atom. The molecule has 1 unspecified atom stereocenters. The van der Waals surface area contributed by atoms with Gasteiger partial charge in [-0.15, -0.1) is 0 Å². The van der Waals surface area contributed by atoms with Crippen LogP contribution < -0.4 is 10.6 Å². The summed E-state index contributed by atoms with van der Waals surface area (Å²) in [5.74, 6) is 1.05. The molecule has 1 aliphatic heterocycles. The summed E-state index contributed by atoms with van der Waals surface area (Å²) in [6.45, 7) is 5.57. The summed E-state index contributed by atoms with van der Waals surface area (Å²) in [6.07, 6.45) is 3.75. The quantitative estimate of drug-likeness (QED) is 0.860. The van der Waals surface area contributed by atoms with E-state index in [9.17, 15) is 4.79 Å². The van der Waals surface area contributed by atoms with Crippen molar-refractivity contribution in [2.24, 2.45) is 7.05 Å². The minimum absolute atomic E-state index is 0.0525. The van der Waals surface area contributed by atoms with Gasteiger partial charge in [0.15, 0.2) is 0 Å². The van der Waals surface area contributed by atoms with E-state index in [4.69, 9.17) is 0 Å². The van der Waals surface area contributed by atoms with Crippen molar-refractivity contribution >= 4 is 5.91 Å². The van der Waals surface area contributed by atoms with E-state index in [-0.39, 0.29) is 11.9 Å². The van der Waals surface area contributed by atoms with Crippen molar-refractivity contribution in [3.8, 4) is 0 Å². The second-order valence-electron chi connectivity index (χ2n) is 6.35. The van der Waals surface area contributed by atoms with Gasteiger partial charge in [-0.1, -0.05) is 29.8 Å². The minimum atomic E-state index is 0.0525. The minimum Gasteiger partial charge on any atom is -0.351 e. The summed E-state index contributed by atoms with van der Waals surface area (Å²) >= 11 is 0. The maximum Gasteiger partial charge on any atom is 0.234 e. The third-order valence-electron chi connectivity index (χ3n) is 4.47. The number of aromatic nitrogens is 2. The molecule has 128 valence electrons. The highest BCUT2D eigenvalue weighted by atomic mass is 16.2. The Bertz CT molecular complexity index is 679. The number of nitrogens with one attached hydrogen (secondary N) is 2. The van der Waals surface area contributed by atoms with Crippen LogP contribution in [0.3, 0.4) is 0 Å². The van der Waals surface area contributed by atoms with E-state index in [0.29, 0.717) is 13.1 Å². The van der Waals surface area contributed by atoms with Gasteiger partial charge in [-0.05, 0) is 12.5 Å². The summed E-state index contributed by atoms with van der Waals surface area (Å²) in [4.78, 5) is 19.0. The fourth-order valence-corrected chi connectivity index (χ4v) is 3.04. The van der Waals surface area contributed by atoms with Gasteiger partial charge in [-0.2, -0.15) is 0 Å². The number of nitrogens with zero attached hydrogens (tertiary/aromatic N) is 3. The Hall–Kier alpha value is -2.18. The lowest BCUT2D eigenvalue weighted by molar-refractivity contribution is -0.123. The first-order chi connectivity index (χ1) is 11.6. The molecule has 1 fully saturated rings. The van der Waals surface area contributed by atoms with Crippen molar-refractivity contribution in [2.45, 2.75) is 19.5 Å². The molecule has 24 heavy (non-hydrogen) atoms. The first-order valence-corrected chi connectivity index (χ1v) is 8.37. The lowest BCUT2D eigenvalue weighted by Gasteiger charge is -2.35. The molecule has 2 N–H and O–H groups in total. The van der Waals surface area contributed by atoms with E-state index in [2.05, 4.69) is 51.7 Å². The molecule has 2 aromatic rings. The fraction of sp³-hybridized carbons (Fsp3) is 0.444. The predicted octanol–water partition coefficient (Wildman–Crippen LogP) is 0.991. The molecule has 1 aliphatic rings.